The Morgan fingerprint density at radius 2 is 2.00 bits per heavy atom. The van der Waals surface area contributed by atoms with Gasteiger partial charge in [-0.2, -0.15) is 0 Å². The van der Waals surface area contributed by atoms with E-state index in [1.165, 1.54) is 0 Å². The van der Waals surface area contributed by atoms with Crippen LogP contribution in [0.4, 0.5) is 5.69 Å². The zero-order chi connectivity index (χ0) is 22.7. The van der Waals surface area contributed by atoms with Crippen molar-refractivity contribution in [1.29, 1.82) is 0 Å². The lowest BCUT2D eigenvalue weighted by atomic mass is 10.1. The van der Waals surface area contributed by atoms with Crippen molar-refractivity contribution in [3.63, 3.8) is 0 Å². The number of esters is 1. The van der Waals surface area contributed by atoms with E-state index in [9.17, 15) is 14.4 Å². The number of amides is 1. The predicted molar refractivity (Wildman–Crippen MR) is 121 cm³/mol. The molecule has 0 saturated heterocycles. The fourth-order valence-corrected chi connectivity index (χ4v) is 3.67. The molecule has 1 aliphatic rings. The third-order valence-electron chi connectivity index (χ3n) is 5.08. The van der Waals surface area contributed by atoms with E-state index in [0.29, 0.717) is 42.0 Å². The van der Waals surface area contributed by atoms with Gasteiger partial charge in [-0.15, -0.1) is 0 Å². The number of nitrogens with one attached hydrogen (secondary N) is 1. The van der Waals surface area contributed by atoms with Crippen molar-refractivity contribution in [3.05, 3.63) is 64.2 Å². The van der Waals surface area contributed by atoms with Crippen LogP contribution < -0.4 is 15.6 Å². The highest BCUT2D eigenvalue weighted by atomic mass is 16.5. The summed E-state index contributed by atoms with van der Waals surface area (Å²) in [6.07, 6.45) is 2.69. The molecule has 0 atom stereocenters. The lowest BCUT2D eigenvalue weighted by molar-refractivity contribution is -0.152. The molecular formula is C24H23N3O5. The van der Waals surface area contributed by atoms with E-state index in [1.807, 2.05) is 37.3 Å². The molecule has 3 aromatic rings. The molecule has 164 valence electrons. The van der Waals surface area contributed by atoms with Crippen molar-refractivity contribution in [2.24, 2.45) is 0 Å². The van der Waals surface area contributed by atoms with Gasteiger partial charge in [0, 0.05) is 12.2 Å². The maximum absolute atomic E-state index is 13.0. The average molecular weight is 433 g/mol. The van der Waals surface area contributed by atoms with Crippen molar-refractivity contribution in [2.75, 3.05) is 18.5 Å². The van der Waals surface area contributed by atoms with Crippen LogP contribution in [0, 0.1) is 0 Å². The highest BCUT2D eigenvalue weighted by Crippen LogP contribution is 2.29. The van der Waals surface area contributed by atoms with Crippen LogP contribution in [0.5, 0.6) is 5.75 Å². The van der Waals surface area contributed by atoms with Crippen molar-refractivity contribution >= 4 is 40.1 Å². The van der Waals surface area contributed by atoms with Gasteiger partial charge in [-0.05, 0) is 67.8 Å². The molecule has 0 spiro atoms. The van der Waals surface area contributed by atoms with E-state index >= 15 is 0 Å². The third-order valence-corrected chi connectivity index (χ3v) is 5.08. The largest absolute Gasteiger partial charge is 0.494 e. The summed E-state index contributed by atoms with van der Waals surface area (Å²) in [6.45, 7) is 4.80. The van der Waals surface area contributed by atoms with E-state index in [2.05, 4.69) is 5.32 Å². The van der Waals surface area contributed by atoms with E-state index in [1.54, 1.807) is 29.7 Å². The molecule has 0 radical (unpaired) electrons. The highest BCUT2D eigenvalue weighted by Gasteiger charge is 2.22. The maximum Gasteiger partial charge on any atom is 0.397 e. The first kappa shape index (κ1) is 21.3. The summed E-state index contributed by atoms with van der Waals surface area (Å²) in [7, 11) is 0. The Bertz CT molecular complexity index is 1290. The van der Waals surface area contributed by atoms with Crippen LogP contribution in [0.25, 0.3) is 22.6 Å². The first-order chi connectivity index (χ1) is 15.5. The standard InChI is InChI=1S/C24H23N3O5/c1-3-31-18-7-5-6-15(13-18)12-16-10-11-27-21(16)26-20-14-17(8-9-19(20)23(27)29)25-22(28)24(30)32-4-2/h5-9,12-14H,3-4,10-11H2,1-2H3,(H,25,28). The molecular weight excluding hydrogens is 410 g/mol. The molecule has 1 aromatic heterocycles. The maximum atomic E-state index is 13.0. The average Bonchev–Trinajstić information content (AvgIpc) is 3.17. The Hall–Kier alpha value is -3.94. The van der Waals surface area contributed by atoms with E-state index in [0.717, 1.165) is 16.9 Å². The second-order valence-electron chi connectivity index (χ2n) is 7.22. The summed E-state index contributed by atoms with van der Waals surface area (Å²) in [5.74, 6) is -0.461. The number of nitrogens with zero attached hydrogens (tertiary/aromatic N) is 2. The number of anilines is 1. The van der Waals surface area contributed by atoms with Crippen LogP contribution >= 0.6 is 0 Å². The molecule has 0 aliphatic carbocycles. The van der Waals surface area contributed by atoms with Gasteiger partial charge in [0.05, 0.1) is 24.1 Å². The number of benzene rings is 2. The second kappa shape index (κ2) is 9.05. The second-order valence-corrected chi connectivity index (χ2v) is 7.22. The van der Waals surface area contributed by atoms with E-state index in [4.69, 9.17) is 14.5 Å². The first-order valence-corrected chi connectivity index (χ1v) is 10.5. The van der Waals surface area contributed by atoms with Crippen LogP contribution in [0.3, 0.4) is 0 Å². The SMILES string of the molecule is CCOC(=O)C(=O)Nc1ccc2c(=O)n3c(nc2c1)C(=Cc1cccc(OCC)c1)CC3. The number of fused-ring (bicyclic) bond motifs is 2. The van der Waals surface area contributed by atoms with Gasteiger partial charge >= 0.3 is 11.9 Å². The zero-order valence-electron chi connectivity index (χ0n) is 17.9. The van der Waals surface area contributed by atoms with Crippen LogP contribution in [0.1, 0.15) is 31.7 Å². The summed E-state index contributed by atoms with van der Waals surface area (Å²) in [6, 6.07) is 12.5. The molecule has 0 bridgehead atoms. The Labute approximate surface area is 184 Å². The lowest BCUT2D eigenvalue weighted by Gasteiger charge is -2.09. The van der Waals surface area contributed by atoms with Gasteiger partial charge in [0.2, 0.25) is 0 Å². The number of rotatable bonds is 5. The summed E-state index contributed by atoms with van der Waals surface area (Å²) in [5.41, 5.74) is 2.57. The minimum Gasteiger partial charge on any atom is -0.494 e. The molecule has 2 heterocycles. The predicted octanol–water partition coefficient (Wildman–Crippen LogP) is 3.24. The number of hydrogen-bond donors (Lipinski definition) is 1. The Morgan fingerprint density at radius 1 is 1.16 bits per heavy atom. The van der Waals surface area contributed by atoms with Crippen molar-refractivity contribution in [3.8, 4) is 5.75 Å². The topological polar surface area (TPSA) is 99.5 Å². The Kier molecular flexibility index (Phi) is 6.02. The molecule has 2 aromatic carbocycles. The molecule has 0 saturated carbocycles. The van der Waals surface area contributed by atoms with Crippen molar-refractivity contribution < 1.29 is 19.1 Å². The number of hydrogen-bond acceptors (Lipinski definition) is 6. The van der Waals surface area contributed by atoms with Gasteiger partial charge in [0.15, 0.2) is 0 Å². The fourth-order valence-electron chi connectivity index (χ4n) is 3.67. The molecule has 8 heteroatoms. The van der Waals surface area contributed by atoms with Gasteiger partial charge in [-0.25, -0.2) is 9.78 Å². The molecule has 0 fully saturated rings. The molecule has 8 nitrogen and oxygen atoms in total. The number of carbonyl (C=O) groups is 2. The summed E-state index contributed by atoms with van der Waals surface area (Å²) >= 11 is 0. The normalized spacial score (nSPS) is 13.8. The number of aromatic nitrogens is 2. The third kappa shape index (κ3) is 4.25. The van der Waals surface area contributed by atoms with Gasteiger partial charge in [0.25, 0.3) is 5.56 Å². The van der Waals surface area contributed by atoms with Gasteiger partial charge in [0.1, 0.15) is 11.6 Å². The van der Waals surface area contributed by atoms with Crippen LogP contribution in [-0.2, 0) is 20.9 Å². The van der Waals surface area contributed by atoms with Crippen LogP contribution in [-0.4, -0.2) is 34.6 Å². The first-order valence-electron chi connectivity index (χ1n) is 10.5. The van der Waals surface area contributed by atoms with E-state index < -0.39 is 11.9 Å². The molecule has 1 aliphatic heterocycles. The van der Waals surface area contributed by atoms with Crippen LogP contribution in [0.15, 0.2) is 47.3 Å². The minimum atomic E-state index is -0.964. The fraction of sp³-hybridized carbons (Fsp3) is 0.250. The van der Waals surface area contributed by atoms with E-state index in [-0.39, 0.29) is 12.2 Å². The Morgan fingerprint density at radius 3 is 2.78 bits per heavy atom. The highest BCUT2D eigenvalue weighted by molar-refractivity contribution is 6.37. The monoisotopic (exact) mass is 433 g/mol. The van der Waals surface area contributed by atoms with Crippen LogP contribution in [0.2, 0.25) is 0 Å². The molecule has 4 rings (SSSR count). The molecule has 1 amide bonds. The van der Waals surface area contributed by atoms with Crippen molar-refractivity contribution in [2.45, 2.75) is 26.8 Å². The molecule has 0 unspecified atom stereocenters. The Balaban J connectivity index is 1.70. The van der Waals surface area contributed by atoms with Gasteiger partial charge in [-0.3, -0.25) is 14.2 Å². The van der Waals surface area contributed by atoms with Gasteiger partial charge in [-0.1, -0.05) is 12.1 Å². The summed E-state index contributed by atoms with van der Waals surface area (Å²) in [4.78, 5) is 41.2. The number of allylic oxidation sites excluding steroid dienone is 1. The smallest absolute Gasteiger partial charge is 0.397 e. The lowest BCUT2D eigenvalue weighted by Crippen LogP contribution is -2.25. The molecule has 32 heavy (non-hydrogen) atoms. The number of carbonyl (C=O) groups excluding carboxylic acids is 2. The minimum absolute atomic E-state index is 0.108. The molecule has 1 N–H and O–H groups in total. The number of ether oxygens (including phenoxy) is 2. The van der Waals surface area contributed by atoms with Gasteiger partial charge < -0.3 is 14.8 Å². The zero-order valence-corrected chi connectivity index (χ0v) is 17.9. The van der Waals surface area contributed by atoms with Crippen molar-refractivity contribution in [1.82, 2.24) is 9.55 Å². The summed E-state index contributed by atoms with van der Waals surface area (Å²) < 4.78 is 11.9. The summed E-state index contributed by atoms with van der Waals surface area (Å²) in [5, 5.41) is 2.93. The quantitative estimate of drug-likeness (QED) is 0.490.